The number of aromatic nitrogens is 1. The zero-order valence-electron chi connectivity index (χ0n) is 10.3. The number of ether oxygens (including phenoxy) is 1. The van der Waals surface area contributed by atoms with E-state index in [1.165, 1.54) is 6.20 Å². The first-order chi connectivity index (χ1) is 8.55. The molecule has 0 saturated heterocycles. The van der Waals surface area contributed by atoms with Crippen LogP contribution in [0.4, 0.5) is 0 Å². The first-order valence-electron chi connectivity index (χ1n) is 6.06. The van der Waals surface area contributed by atoms with Crippen molar-refractivity contribution >= 4 is 10.0 Å². The fraction of sp³-hybridized carbons (Fsp3) is 0.636. The van der Waals surface area contributed by atoms with E-state index < -0.39 is 10.0 Å². The van der Waals surface area contributed by atoms with Crippen LogP contribution in [0.3, 0.4) is 0 Å². The average Bonchev–Trinajstić information content (AvgIpc) is 2.75. The van der Waals surface area contributed by atoms with Gasteiger partial charge in [-0.2, -0.15) is 0 Å². The van der Waals surface area contributed by atoms with Gasteiger partial charge in [0.05, 0.1) is 11.0 Å². The topological polar surface area (TPSA) is 97.2 Å². The van der Waals surface area contributed by atoms with Crippen molar-refractivity contribution in [3.05, 3.63) is 18.0 Å². The van der Waals surface area contributed by atoms with Gasteiger partial charge in [-0.1, -0.05) is 0 Å². The summed E-state index contributed by atoms with van der Waals surface area (Å²) in [4.78, 5) is 3.07. The summed E-state index contributed by atoms with van der Waals surface area (Å²) >= 11 is 0. The third kappa shape index (κ3) is 2.92. The van der Waals surface area contributed by atoms with Crippen molar-refractivity contribution in [1.29, 1.82) is 0 Å². The van der Waals surface area contributed by atoms with Crippen LogP contribution in [0.15, 0.2) is 17.2 Å². The number of H-pyrrole nitrogens is 1. The molecule has 0 radical (unpaired) electrons. The minimum Gasteiger partial charge on any atom is -0.378 e. The molecule has 1 aliphatic rings. The minimum absolute atomic E-state index is 0.0252. The molecule has 2 rings (SSSR count). The van der Waals surface area contributed by atoms with Crippen LogP contribution >= 0.6 is 0 Å². The monoisotopic (exact) mass is 273 g/mol. The number of nitrogens with one attached hydrogen (secondary N) is 2. The summed E-state index contributed by atoms with van der Waals surface area (Å²) in [6.07, 6.45) is 3.12. The molecule has 1 aromatic heterocycles. The van der Waals surface area contributed by atoms with Gasteiger partial charge >= 0.3 is 0 Å². The SMILES string of the molecule is CCOC1CC(NS(=O)(=O)c2c[nH]c(CN)c2)C1. The predicted octanol–water partition coefficient (Wildman–Crippen LogP) is 0.319. The maximum absolute atomic E-state index is 12.0. The van der Waals surface area contributed by atoms with E-state index in [1.807, 2.05) is 6.92 Å². The van der Waals surface area contributed by atoms with Crippen molar-refractivity contribution in [1.82, 2.24) is 9.71 Å². The summed E-state index contributed by atoms with van der Waals surface area (Å²) in [5.41, 5.74) is 6.14. The van der Waals surface area contributed by atoms with Crippen molar-refractivity contribution in [2.45, 2.75) is 43.4 Å². The van der Waals surface area contributed by atoms with Crippen LogP contribution in [0.25, 0.3) is 0 Å². The molecule has 0 aliphatic heterocycles. The molecule has 7 heteroatoms. The van der Waals surface area contributed by atoms with Crippen molar-refractivity contribution in [3.63, 3.8) is 0 Å². The van der Waals surface area contributed by atoms with Gasteiger partial charge in [-0.25, -0.2) is 13.1 Å². The molecule has 1 saturated carbocycles. The van der Waals surface area contributed by atoms with Gasteiger partial charge in [0, 0.05) is 31.1 Å². The summed E-state index contributed by atoms with van der Waals surface area (Å²) < 4.78 is 32.1. The third-order valence-electron chi connectivity index (χ3n) is 3.07. The number of aromatic amines is 1. The van der Waals surface area contributed by atoms with Crippen molar-refractivity contribution < 1.29 is 13.2 Å². The first kappa shape index (κ1) is 13.5. The van der Waals surface area contributed by atoms with E-state index in [2.05, 4.69) is 9.71 Å². The van der Waals surface area contributed by atoms with Crippen LogP contribution < -0.4 is 10.5 Å². The number of hydrogen-bond acceptors (Lipinski definition) is 4. The Hall–Kier alpha value is -0.890. The lowest BCUT2D eigenvalue weighted by atomic mass is 9.90. The van der Waals surface area contributed by atoms with Gasteiger partial charge in [-0.3, -0.25) is 0 Å². The second kappa shape index (κ2) is 5.40. The fourth-order valence-corrected chi connectivity index (χ4v) is 3.29. The zero-order valence-corrected chi connectivity index (χ0v) is 11.2. The van der Waals surface area contributed by atoms with Crippen LogP contribution in [-0.4, -0.2) is 32.2 Å². The van der Waals surface area contributed by atoms with E-state index in [0.29, 0.717) is 18.8 Å². The number of nitrogens with two attached hydrogens (primary N) is 1. The normalized spacial score (nSPS) is 23.9. The molecular weight excluding hydrogens is 254 g/mol. The Bertz CT molecular complexity index is 491. The Morgan fingerprint density at radius 3 is 2.83 bits per heavy atom. The summed E-state index contributed by atoms with van der Waals surface area (Å²) in [6.45, 7) is 2.90. The Labute approximate surface area is 107 Å². The smallest absolute Gasteiger partial charge is 0.242 e. The maximum atomic E-state index is 12.0. The van der Waals surface area contributed by atoms with E-state index in [4.69, 9.17) is 10.5 Å². The minimum atomic E-state index is -3.44. The standard InChI is InChI=1S/C11H19N3O3S/c1-2-17-10-3-8(4-10)14-18(15,16)11-5-9(6-12)13-7-11/h5,7-8,10,13-14H,2-4,6,12H2,1H3. The molecule has 0 spiro atoms. The lowest BCUT2D eigenvalue weighted by Gasteiger charge is -2.34. The van der Waals surface area contributed by atoms with Gasteiger partial charge in [0.15, 0.2) is 0 Å². The zero-order chi connectivity index (χ0) is 13.2. The van der Waals surface area contributed by atoms with Crippen molar-refractivity contribution in [2.75, 3.05) is 6.61 Å². The van der Waals surface area contributed by atoms with Crippen LogP contribution in [0, 0.1) is 0 Å². The third-order valence-corrected chi connectivity index (χ3v) is 4.57. The molecule has 0 aromatic carbocycles. The quantitative estimate of drug-likeness (QED) is 0.695. The molecule has 0 amide bonds. The highest BCUT2D eigenvalue weighted by atomic mass is 32.2. The molecular formula is C11H19N3O3S. The second-order valence-electron chi connectivity index (χ2n) is 4.43. The molecule has 102 valence electrons. The highest BCUT2D eigenvalue weighted by Gasteiger charge is 2.33. The summed E-state index contributed by atoms with van der Waals surface area (Å²) in [6, 6.07) is 1.53. The van der Waals surface area contributed by atoms with Crippen LogP contribution in [-0.2, 0) is 21.3 Å². The summed E-state index contributed by atoms with van der Waals surface area (Å²) in [5.74, 6) is 0. The highest BCUT2D eigenvalue weighted by Crippen LogP contribution is 2.25. The van der Waals surface area contributed by atoms with E-state index in [0.717, 1.165) is 12.8 Å². The van der Waals surface area contributed by atoms with Crippen LogP contribution in [0.5, 0.6) is 0 Å². The number of rotatable bonds is 6. The number of hydrogen-bond donors (Lipinski definition) is 3. The summed E-state index contributed by atoms with van der Waals surface area (Å²) in [7, 11) is -3.44. The fourth-order valence-electron chi connectivity index (χ4n) is 2.01. The van der Waals surface area contributed by atoms with Gasteiger partial charge in [0.1, 0.15) is 0 Å². The second-order valence-corrected chi connectivity index (χ2v) is 6.15. The largest absolute Gasteiger partial charge is 0.378 e. The van der Waals surface area contributed by atoms with Gasteiger partial charge in [-0.05, 0) is 25.8 Å². The highest BCUT2D eigenvalue weighted by molar-refractivity contribution is 7.89. The molecule has 1 aliphatic carbocycles. The maximum Gasteiger partial charge on any atom is 0.242 e. The van der Waals surface area contributed by atoms with E-state index in [1.54, 1.807) is 6.07 Å². The van der Waals surface area contributed by atoms with Gasteiger partial charge in [0.25, 0.3) is 0 Å². The van der Waals surface area contributed by atoms with Crippen LogP contribution in [0.2, 0.25) is 0 Å². The lowest BCUT2D eigenvalue weighted by Crippen LogP contribution is -2.47. The Kier molecular flexibility index (Phi) is 4.06. The van der Waals surface area contributed by atoms with Gasteiger partial charge in [-0.15, -0.1) is 0 Å². The summed E-state index contributed by atoms with van der Waals surface area (Å²) in [5, 5.41) is 0. The molecule has 1 heterocycles. The lowest BCUT2D eigenvalue weighted by molar-refractivity contribution is -0.00475. The molecule has 4 N–H and O–H groups in total. The van der Waals surface area contributed by atoms with Gasteiger partial charge in [0.2, 0.25) is 10.0 Å². The molecule has 18 heavy (non-hydrogen) atoms. The van der Waals surface area contributed by atoms with E-state index >= 15 is 0 Å². The van der Waals surface area contributed by atoms with Crippen LogP contribution in [0.1, 0.15) is 25.5 Å². The van der Waals surface area contributed by atoms with Gasteiger partial charge < -0.3 is 15.5 Å². The molecule has 6 nitrogen and oxygen atoms in total. The van der Waals surface area contributed by atoms with Crippen molar-refractivity contribution in [2.24, 2.45) is 5.73 Å². The molecule has 1 aromatic rings. The average molecular weight is 273 g/mol. The predicted molar refractivity (Wildman–Crippen MR) is 67.4 cm³/mol. The Morgan fingerprint density at radius 1 is 1.56 bits per heavy atom. The van der Waals surface area contributed by atoms with Crippen molar-refractivity contribution in [3.8, 4) is 0 Å². The Morgan fingerprint density at radius 2 is 2.28 bits per heavy atom. The number of sulfonamides is 1. The van der Waals surface area contributed by atoms with E-state index in [9.17, 15) is 8.42 Å². The molecule has 0 atom stereocenters. The molecule has 0 bridgehead atoms. The Balaban J connectivity index is 1.92. The van der Waals surface area contributed by atoms with E-state index in [-0.39, 0.29) is 17.0 Å². The molecule has 1 fully saturated rings. The first-order valence-corrected chi connectivity index (χ1v) is 7.54. The molecule has 0 unspecified atom stereocenters.